The first kappa shape index (κ1) is 13.7. The predicted octanol–water partition coefficient (Wildman–Crippen LogP) is 3.89. The molecule has 2 nitrogen and oxygen atoms in total. The van der Waals surface area contributed by atoms with Crippen LogP contribution in [0.5, 0.6) is 0 Å². The molecule has 2 bridgehead atoms. The van der Waals surface area contributed by atoms with Crippen LogP contribution in [0.2, 0.25) is 0 Å². The summed E-state index contributed by atoms with van der Waals surface area (Å²) in [5.41, 5.74) is 1.47. The molecule has 18 heavy (non-hydrogen) atoms. The Morgan fingerprint density at radius 3 is 2.83 bits per heavy atom. The summed E-state index contributed by atoms with van der Waals surface area (Å²) in [6, 6.07) is 1.27. The summed E-state index contributed by atoms with van der Waals surface area (Å²) in [4.78, 5) is 2.64. The van der Waals surface area contributed by atoms with Gasteiger partial charge in [0.2, 0.25) is 0 Å². The van der Waals surface area contributed by atoms with Crippen molar-refractivity contribution in [2.45, 2.75) is 71.6 Å². The lowest BCUT2D eigenvalue weighted by Gasteiger charge is -2.47. The average Bonchev–Trinajstić information content (AvgIpc) is 2.41. The molecule has 0 aromatic carbocycles. The molecule has 3 rings (SSSR count). The number of hydrogen-bond acceptors (Lipinski definition) is 2. The Labute approximate surface area is 112 Å². The van der Waals surface area contributed by atoms with Gasteiger partial charge in [-0.1, -0.05) is 26.0 Å². The van der Waals surface area contributed by atoms with Crippen molar-refractivity contribution < 1.29 is 4.74 Å². The van der Waals surface area contributed by atoms with E-state index in [9.17, 15) is 0 Å². The van der Waals surface area contributed by atoms with Gasteiger partial charge >= 0.3 is 0 Å². The van der Waals surface area contributed by atoms with Gasteiger partial charge in [0.15, 0.2) is 0 Å². The summed E-state index contributed by atoms with van der Waals surface area (Å²) >= 11 is 0. The Morgan fingerprint density at radius 1 is 1.33 bits per heavy atom. The summed E-state index contributed by atoms with van der Waals surface area (Å²) in [6.45, 7) is 9.81. The monoisotopic (exact) mass is 249 g/mol. The van der Waals surface area contributed by atoms with E-state index < -0.39 is 0 Å². The van der Waals surface area contributed by atoms with Gasteiger partial charge in [0.25, 0.3) is 0 Å². The van der Waals surface area contributed by atoms with E-state index in [-0.39, 0.29) is 0 Å². The van der Waals surface area contributed by atoms with Crippen molar-refractivity contribution in [3.8, 4) is 0 Å². The second-order valence-corrected chi connectivity index (χ2v) is 5.43. The number of ether oxygens (including phenoxy) is 1. The highest BCUT2D eigenvalue weighted by atomic mass is 16.5. The SMILES string of the molecule is CC.CC(C)N1CC[C@H]2CC1C1=C(CCC=C1)O2. The van der Waals surface area contributed by atoms with E-state index in [0.29, 0.717) is 18.2 Å². The Hall–Kier alpha value is -0.760. The summed E-state index contributed by atoms with van der Waals surface area (Å²) < 4.78 is 6.09. The van der Waals surface area contributed by atoms with Gasteiger partial charge in [0.1, 0.15) is 11.9 Å². The molecule has 0 spiro atoms. The summed E-state index contributed by atoms with van der Waals surface area (Å²) in [5.74, 6) is 1.29. The third-order valence-corrected chi connectivity index (χ3v) is 4.08. The van der Waals surface area contributed by atoms with E-state index in [2.05, 4.69) is 30.9 Å². The molecule has 2 atom stereocenters. The Balaban J connectivity index is 0.000000574. The number of allylic oxidation sites excluding steroid dienone is 2. The van der Waals surface area contributed by atoms with Crippen LogP contribution in [-0.4, -0.2) is 29.6 Å². The molecule has 1 saturated heterocycles. The number of hydrogen-bond donors (Lipinski definition) is 0. The molecule has 0 N–H and O–H groups in total. The first-order valence-corrected chi connectivity index (χ1v) is 7.57. The fraction of sp³-hybridized carbons (Fsp3) is 0.750. The fourth-order valence-electron chi connectivity index (χ4n) is 3.27. The Kier molecular flexibility index (Phi) is 4.50. The van der Waals surface area contributed by atoms with Crippen LogP contribution in [0.25, 0.3) is 0 Å². The highest BCUT2D eigenvalue weighted by Crippen LogP contribution is 2.38. The van der Waals surface area contributed by atoms with E-state index in [1.54, 1.807) is 0 Å². The molecular weight excluding hydrogens is 222 g/mol. The minimum absolute atomic E-state index is 0.491. The van der Waals surface area contributed by atoms with E-state index in [1.165, 1.54) is 30.7 Å². The van der Waals surface area contributed by atoms with Crippen LogP contribution >= 0.6 is 0 Å². The van der Waals surface area contributed by atoms with Gasteiger partial charge in [-0.3, -0.25) is 4.90 Å². The fourth-order valence-corrected chi connectivity index (χ4v) is 3.27. The van der Waals surface area contributed by atoms with Crippen molar-refractivity contribution >= 4 is 0 Å². The lowest BCUT2D eigenvalue weighted by molar-refractivity contribution is -0.00976. The van der Waals surface area contributed by atoms with Gasteiger partial charge in [-0.2, -0.15) is 0 Å². The summed E-state index contributed by atoms with van der Waals surface area (Å²) in [7, 11) is 0. The zero-order valence-corrected chi connectivity index (χ0v) is 12.3. The number of likely N-dealkylation sites (tertiary alicyclic amines) is 1. The maximum Gasteiger partial charge on any atom is 0.101 e. The third kappa shape index (κ3) is 2.49. The largest absolute Gasteiger partial charge is 0.494 e. The van der Waals surface area contributed by atoms with Crippen molar-refractivity contribution in [3.63, 3.8) is 0 Å². The van der Waals surface area contributed by atoms with Crippen LogP contribution < -0.4 is 0 Å². The van der Waals surface area contributed by atoms with Crippen LogP contribution in [0.15, 0.2) is 23.5 Å². The number of fused-ring (bicyclic) bond motifs is 3. The first-order chi connectivity index (χ1) is 8.75. The van der Waals surface area contributed by atoms with Crippen LogP contribution in [-0.2, 0) is 4.74 Å². The predicted molar refractivity (Wildman–Crippen MR) is 76.5 cm³/mol. The molecule has 2 aliphatic heterocycles. The normalized spacial score (nSPS) is 30.5. The molecule has 0 saturated carbocycles. The van der Waals surface area contributed by atoms with E-state index in [0.717, 1.165) is 12.8 Å². The van der Waals surface area contributed by atoms with Crippen LogP contribution in [0.1, 0.15) is 53.4 Å². The van der Waals surface area contributed by atoms with Crippen LogP contribution in [0.3, 0.4) is 0 Å². The van der Waals surface area contributed by atoms with E-state index >= 15 is 0 Å². The second kappa shape index (κ2) is 5.92. The van der Waals surface area contributed by atoms with Crippen molar-refractivity contribution in [2.75, 3.05) is 6.54 Å². The van der Waals surface area contributed by atoms with Gasteiger partial charge in [-0.15, -0.1) is 0 Å². The standard InChI is InChI=1S/C14H21NO.C2H6/c1-10(2)15-8-7-11-9-13(15)12-5-3-4-6-14(12)16-11;1-2/h3,5,10-11,13H,4,6-9H2,1-2H3;1-2H3/t11-,13?;/m0./s1. The van der Waals surface area contributed by atoms with Crippen LogP contribution in [0, 0.1) is 0 Å². The third-order valence-electron chi connectivity index (χ3n) is 4.08. The van der Waals surface area contributed by atoms with Crippen molar-refractivity contribution in [1.82, 2.24) is 4.90 Å². The maximum absolute atomic E-state index is 6.09. The maximum atomic E-state index is 6.09. The van der Waals surface area contributed by atoms with Crippen molar-refractivity contribution in [3.05, 3.63) is 23.5 Å². The van der Waals surface area contributed by atoms with Gasteiger partial charge in [0.05, 0.1) is 0 Å². The van der Waals surface area contributed by atoms with Gasteiger partial charge in [0, 0.05) is 37.0 Å². The molecule has 102 valence electrons. The van der Waals surface area contributed by atoms with E-state index in [4.69, 9.17) is 4.74 Å². The van der Waals surface area contributed by atoms with Gasteiger partial charge in [-0.25, -0.2) is 0 Å². The van der Waals surface area contributed by atoms with Crippen LogP contribution in [0.4, 0.5) is 0 Å². The molecule has 0 radical (unpaired) electrons. The molecule has 2 heteroatoms. The molecule has 0 amide bonds. The molecule has 0 aromatic rings. The molecule has 2 heterocycles. The molecule has 1 unspecified atom stereocenters. The summed E-state index contributed by atoms with van der Waals surface area (Å²) in [6.07, 6.45) is 9.77. The molecule has 3 aliphatic rings. The lowest BCUT2D eigenvalue weighted by atomic mass is 9.86. The molecule has 0 aromatic heterocycles. The molecular formula is C16H27NO. The highest BCUT2D eigenvalue weighted by Gasteiger charge is 2.38. The molecule has 1 aliphatic carbocycles. The average molecular weight is 249 g/mol. The van der Waals surface area contributed by atoms with Gasteiger partial charge < -0.3 is 4.74 Å². The van der Waals surface area contributed by atoms with Gasteiger partial charge in [-0.05, 0) is 26.7 Å². The van der Waals surface area contributed by atoms with E-state index in [1.807, 2.05) is 13.8 Å². The topological polar surface area (TPSA) is 12.5 Å². The Morgan fingerprint density at radius 2 is 2.11 bits per heavy atom. The molecule has 1 fully saturated rings. The smallest absolute Gasteiger partial charge is 0.101 e. The van der Waals surface area contributed by atoms with Crippen molar-refractivity contribution in [1.29, 1.82) is 0 Å². The van der Waals surface area contributed by atoms with Crippen molar-refractivity contribution in [2.24, 2.45) is 0 Å². The first-order valence-electron chi connectivity index (χ1n) is 7.57. The minimum Gasteiger partial charge on any atom is -0.494 e. The lowest BCUT2D eigenvalue weighted by Crippen LogP contribution is -2.51. The zero-order chi connectivity index (χ0) is 13.1. The zero-order valence-electron chi connectivity index (χ0n) is 12.3. The second-order valence-electron chi connectivity index (χ2n) is 5.43. The quantitative estimate of drug-likeness (QED) is 0.699. The number of rotatable bonds is 1. The highest BCUT2D eigenvalue weighted by molar-refractivity contribution is 5.34. The Bertz CT molecular complexity index is 343. The number of nitrogens with zero attached hydrogens (tertiary/aromatic N) is 1. The number of piperidine rings is 1. The summed E-state index contributed by atoms with van der Waals surface area (Å²) in [5, 5.41) is 0. The minimum atomic E-state index is 0.491.